The molecule has 0 aliphatic carbocycles. The summed E-state index contributed by atoms with van der Waals surface area (Å²) in [6.07, 6.45) is 4.22. The number of aromatic nitrogens is 2. The third-order valence-electron chi connectivity index (χ3n) is 3.17. The fraction of sp³-hybridized carbons (Fsp3) is 0.727. The lowest BCUT2D eigenvalue weighted by Gasteiger charge is -2.24. The van der Waals surface area contributed by atoms with Gasteiger partial charge in [-0.25, -0.2) is 4.98 Å². The van der Waals surface area contributed by atoms with Gasteiger partial charge >= 0.3 is 0 Å². The zero-order chi connectivity index (χ0) is 11.5. The number of hydrogen-bond donors (Lipinski definition) is 3. The smallest absolute Gasteiger partial charge is 0.171 e. The minimum Gasteiger partial charge on any atom is -0.396 e. The summed E-state index contributed by atoms with van der Waals surface area (Å²) in [4.78, 5) is 9.74. The SMILES string of the molecule is Cc1nc(N2CCCC2CCCO)c(N)[nH]1. The van der Waals surface area contributed by atoms with Crippen LogP contribution in [0.3, 0.4) is 0 Å². The summed E-state index contributed by atoms with van der Waals surface area (Å²) in [5.74, 6) is 2.41. The zero-order valence-corrected chi connectivity index (χ0v) is 9.74. The first kappa shape index (κ1) is 11.3. The van der Waals surface area contributed by atoms with Crippen LogP contribution < -0.4 is 10.6 Å². The van der Waals surface area contributed by atoms with Crippen LogP contribution >= 0.6 is 0 Å². The molecule has 2 heterocycles. The van der Waals surface area contributed by atoms with Gasteiger partial charge < -0.3 is 20.7 Å². The average molecular weight is 224 g/mol. The summed E-state index contributed by atoms with van der Waals surface area (Å²) in [5, 5.41) is 8.88. The second-order valence-corrected chi connectivity index (χ2v) is 4.41. The van der Waals surface area contributed by atoms with Crippen LogP contribution in [0.15, 0.2) is 0 Å². The normalized spacial score (nSPS) is 20.6. The van der Waals surface area contributed by atoms with Crippen LogP contribution in [0.1, 0.15) is 31.5 Å². The molecule has 4 N–H and O–H groups in total. The number of nitrogens with two attached hydrogens (primary N) is 1. The number of aromatic amines is 1. The lowest BCUT2D eigenvalue weighted by Crippen LogP contribution is -2.30. The maximum absolute atomic E-state index is 8.88. The summed E-state index contributed by atoms with van der Waals surface area (Å²) in [6.45, 7) is 3.20. The van der Waals surface area contributed by atoms with Gasteiger partial charge in [0.1, 0.15) is 11.6 Å². The molecule has 1 aliphatic heterocycles. The number of H-pyrrole nitrogens is 1. The van der Waals surface area contributed by atoms with E-state index in [2.05, 4.69) is 14.9 Å². The molecule has 5 heteroatoms. The van der Waals surface area contributed by atoms with E-state index in [1.807, 2.05) is 6.92 Å². The van der Waals surface area contributed by atoms with Gasteiger partial charge in [0.25, 0.3) is 0 Å². The van der Waals surface area contributed by atoms with Crippen molar-refractivity contribution in [1.29, 1.82) is 0 Å². The van der Waals surface area contributed by atoms with Gasteiger partial charge in [-0.05, 0) is 32.6 Å². The van der Waals surface area contributed by atoms with Gasteiger partial charge in [0, 0.05) is 19.2 Å². The number of nitrogen functional groups attached to an aromatic ring is 1. The molecular formula is C11H20N4O. The largest absolute Gasteiger partial charge is 0.396 e. The molecule has 5 nitrogen and oxygen atoms in total. The number of anilines is 2. The van der Waals surface area contributed by atoms with Crippen LogP contribution in [0.25, 0.3) is 0 Å². The molecule has 2 rings (SSSR count). The van der Waals surface area contributed by atoms with E-state index in [0.29, 0.717) is 11.9 Å². The third kappa shape index (κ3) is 2.14. The van der Waals surface area contributed by atoms with Gasteiger partial charge in [0.05, 0.1) is 0 Å². The first-order valence-corrected chi connectivity index (χ1v) is 5.92. The summed E-state index contributed by atoms with van der Waals surface area (Å²) in [6, 6.07) is 0.483. The lowest BCUT2D eigenvalue weighted by molar-refractivity contribution is 0.279. The molecular weight excluding hydrogens is 204 g/mol. The van der Waals surface area contributed by atoms with Crippen molar-refractivity contribution < 1.29 is 5.11 Å². The highest BCUT2D eigenvalue weighted by Gasteiger charge is 2.27. The summed E-state index contributed by atoms with van der Waals surface area (Å²) >= 11 is 0. The summed E-state index contributed by atoms with van der Waals surface area (Å²) < 4.78 is 0. The molecule has 0 aromatic carbocycles. The Morgan fingerprint density at radius 2 is 2.44 bits per heavy atom. The van der Waals surface area contributed by atoms with Crippen molar-refractivity contribution >= 4 is 11.6 Å². The van der Waals surface area contributed by atoms with E-state index >= 15 is 0 Å². The number of imidazole rings is 1. The fourth-order valence-electron chi connectivity index (χ4n) is 2.46. The Kier molecular flexibility index (Phi) is 3.33. The molecule has 1 saturated heterocycles. The van der Waals surface area contributed by atoms with Crippen LogP contribution in [0.5, 0.6) is 0 Å². The predicted molar refractivity (Wildman–Crippen MR) is 64.4 cm³/mol. The molecule has 1 aromatic rings. The molecule has 16 heavy (non-hydrogen) atoms. The topological polar surface area (TPSA) is 78.2 Å². The van der Waals surface area contributed by atoms with Crippen LogP contribution in [0.4, 0.5) is 11.6 Å². The Balaban J connectivity index is 2.10. The van der Waals surface area contributed by atoms with E-state index in [-0.39, 0.29) is 6.61 Å². The van der Waals surface area contributed by atoms with Gasteiger partial charge in [-0.2, -0.15) is 0 Å². The molecule has 0 bridgehead atoms. The van der Waals surface area contributed by atoms with Crippen LogP contribution in [0.2, 0.25) is 0 Å². The average Bonchev–Trinajstić information content (AvgIpc) is 2.81. The standard InChI is InChI=1S/C11H20N4O/c1-8-13-10(12)11(14-8)15-6-2-4-9(15)5-3-7-16/h9,16H,2-7,12H2,1H3,(H,13,14). The van der Waals surface area contributed by atoms with Crippen molar-refractivity contribution in [3.63, 3.8) is 0 Å². The molecule has 0 radical (unpaired) electrons. The van der Waals surface area contributed by atoms with E-state index in [4.69, 9.17) is 10.8 Å². The van der Waals surface area contributed by atoms with Gasteiger partial charge in [-0.3, -0.25) is 0 Å². The zero-order valence-electron chi connectivity index (χ0n) is 9.74. The first-order valence-electron chi connectivity index (χ1n) is 5.92. The molecule has 1 atom stereocenters. The van der Waals surface area contributed by atoms with Crippen LogP contribution in [-0.2, 0) is 0 Å². The van der Waals surface area contributed by atoms with Crippen molar-refractivity contribution in [2.45, 2.75) is 38.6 Å². The van der Waals surface area contributed by atoms with E-state index in [1.165, 1.54) is 12.8 Å². The Morgan fingerprint density at radius 1 is 1.62 bits per heavy atom. The second kappa shape index (κ2) is 4.74. The molecule has 1 aliphatic rings. The van der Waals surface area contributed by atoms with Crippen molar-refractivity contribution in [2.24, 2.45) is 0 Å². The molecule has 0 spiro atoms. The highest BCUT2D eigenvalue weighted by Crippen LogP contribution is 2.30. The summed E-state index contributed by atoms with van der Waals surface area (Å²) in [5.41, 5.74) is 5.90. The van der Waals surface area contributed by atoms with Gasteiger partial charge in [-0.15, -0.1) is 0 Å². The van der Waals surface area contributed by atoms with E-state index in [1.54, 1.807) is 0 Å². The number of rotatable bonds is 4. The van der Waals surface area contributed by atoms with Crippen molar-refractivity contribution in [3.05, 3.63) is 5.82 Å². The molecule has 90 valence electrons. The Hall–Kier alpha value is -1.23. The lowest BCUT2D eigenvalue weighted by atomic mass is 10.1. The number of aryl methyl sites for hydroxylation is 1. The Labute approximate surface area is 95.7 Å². The van der Waals surface area contributed by atoms with Crippen molar-refractivity contribution in [1.82, 2.24) is 9.97 Å². The molecule has 0 amide bonds. The highest BCUT2D eigenvalue weighted by atomic mass is 16.2. The third-order valence-corrected chi connectivity index (χ3v) is 3.17. The van der Waals surface area contributed by atoms with Gasteiger partial charge in [0.15, 0.2) is 5.82 Å². The van der Waals surface area contributed by atoms with E-state index in [9.17, 15) is 0 Å². The van der Waals surface area contributed by atoms with E-state index in [0.717, 1.165) is 31.0 Å². The second-order valence-electron chi connectivity index (χ2n) is 4.41. The van der Waals surface area contributed by atoms with E-state index < -0.39 is 0 Å². The molecule has 1 aromatic heterocycles. The fourth-order valence-corrected chi connectivity index (χ4v) is 2.46. The maximum atomic E-state index is 8.88. The molecule has 1 unspecified atom stereocenters. The predicted octanol–water partition coefficient (Wildman–Crippen LogP) is 1.04. The number of nitrogens with zero attached hydrogens (tertiary/aromatic N) is 2. The van der Waals surface area contributed by atoms with Crippen molar-refractivity contribution in [2.75, 3.05) is 23.8 Å². The van der Waals surface area contributed by atoms with Crippen LogP contribution in [0, 0.1) is 6.92 Å². The molecule has 0 saturated carbocycles. The summed E-state index contributed by atoms with van der Waals surface area (Å²) in [7, 11) is 0. The van der Waals surface area contributed by atoms with Crippen molar-refractivity contribution in [3.8, 4) is 0 Å². The van der Waals surface area contributed by atoms with Crippen LogP contribution in [-0.4, -0.2) is 34.3 Å². The molecule has 1 fully saturated rings. The highest BCUT2D eigenvalue weighted by molar-refractivity contribution is 5.60. The minimum atomic E-state index is 0.263. The minimum absolute atomic E-state index is 0.263. The van der Waals surface area contributed by atoms with Gasteiger partial charge in [0.2, 0.25) is 0 Å². The number of aliphatic hydroxyl groups excluding tert-OH is 1. The quantitative estimate of drug-likeness (QED) is 0.714. The Morgan fingerprint density at radius 3 is 3.06 bits per heavy atom. The number of nitrogens with one attached hydrogen (secondary N) is 1. The number of hydrogen-bond acceptors (Lipinski definition) is 4. The monoisotopic (exact) mass is 224 g/mol. The Bertz CT molecular complexity index is 350. The first-order chi connectivity index (χ1) is 7.72. The maximum Gasteiger partial charge on any atom is 0.171 e. The number of aliphatic hydroxyl groups is 1. The van der Waals surface area contributed by atoms with Gasteiger partial charge in [-0.1, -0.05) is 0 Å².